The maximum Gasteiger partial charge on any atom is 0.324 e. The van der Waals surface area contributed by atoms with Gasteiger partial charge in [-0.2, -0.15) is 0 Å². The molecule has 4 nitrogen and oxygen atoms in total. The van der Waals surface area contributed by atoms with Crippen molar-refractivity contribution in [1.82, 2.24) is 4.90 Å². The van der Waals surface area contributed by atoms with Gasteiger partial charge in [-0.3, -0.25) is 4.90 Å². The summed E-state index contributed by atoms with van der Waals surface area (Å²) in [5.74, 6) is 0.297. The van der Waals surface area contributed by atoms with Crippen molar-refractivity contribution in [2.45, 2.75) is 6.92 Å². The smallest absolute Gasteiger partial charge is 0.324 e. The van der Waals surface area contributed by atoms with E-state index in [0.29, 0.717) is 30.6 Å². The van der Waals surface area contributed by atoms with Crippen molar-refractivity contribution in [2.24, 2.45) is 11.7 Å². The minimum Gasteiger partial charge on any atom is -0.330 e. The molecule has 2 amide bonds. The number of anilines is 1. The SMILES string of the molecule is Cc1c(Cl)cccc1N1CC(CN)CN(C)C1=O. The molecule has 1 heterocycles. The summed E-state index contributed by atoms with van der Waals surface area (Å²) in [6, 6.07) is 5.62. The lowest BCUT2D eigenvalue weighted by atomic mass is 10.0. The fourth-order valence-electron chi connectivity index (χ4n) is 2.30. The summed E-state index contributed by atoms with van der Waals surface area (Å²) in [7, 11) is 1.80. The van der Waals surface area contributed by atoms with E-state index >= 15 is 0 Å². The lowest BCUT2D eigenvalue weighted by molar-refractivity contribution is 0.194. The third-order valence-electron chi connectivity index (χ3n) is 3.39. The van der Waals surface area contributed by atoms with Crippen molar-refractivity contribution in [3.63, 3.8) is 0 Å². The molecule has 0 aromatic heterocycles. The van der Waals surface area contributed by atoms with Crippen LogP contribution in [0.5, 0.6) is 0 Å². The van der Waals surface area contributed by atoms with Gasteiger partial charge in [-0.05, 0) is 31.2 Å². The molecule has 2 N–H and O–H groups in total. The van der Waals surface area contributed by atoms with Gasteiger partial charge in [-0.1, -0.05) is 17.7 Å². The average molecular weight is 268 g/mol. The van der Waals surface area contributed by atoms with Crippen molar-refractivity contribution >= 4 is 23.3 Å². The number of benzene rings is 1. The van der Waals surface area contributed by atoms with Crippen LogP contribution in [0.2, 0.25) is 5.02 Å². The summed E-state index contributed by atoms with van der Waals surface area (Å²) in [4.78, 5) is 15.7. The van der Waals surface area contributed by atoms with Crippen LogP contribution in [0.25, 0.3) is 0 Å². The topological polar surface area (TPSA) is 49.6 Å². The molecule has 1 fully saturated rings. The predicted molar refractivity (Wildman–Crippen MR) is 74.1 cm³/mol. The maximum atomic E-state index is 12.2. The zero-order chi connectivity index (χ0) is 13.3. The van der Waals surface area contributed by atoms with Crippen molar-refractivity contribution < 1.29 is 4.79 Å². The van der Waals surface area contributed by atoms with E-state index in [-0.39, 0.29) is 6.03 Å². The number of carbonyl (C=O) groups excluding carboxylic acids is 1. The highest BCUT2D eigenvalue weighted by Gasteiger charge is 2.30. The first kappa shape index (κ1) is 13.2. The van der Waals surface area contributed by atoms with Gasteiger partial charge in [0, 0.05) is 36.8 Å². The van der Waals surface area contributed by atoms with Crippen LogP contribution in [0, 0.1) is 12.8 Å². The average Bonchev–Trinajstić information content (AvgIpc) is 2.36. The molecule has 2 rings (SSSR count). The minimum absolute atomic E-state index is 0.00469. The summed E-state index contributed by atoms with van der Waals surface area (Å²) in [6.45, 7) is 3.87. The van der Waals surface area contributed by atoms with Crippen LogP contribution in [0.15, 0.2) is 18.2 Å². The van der Waals surface area contributed by atoms with Crippen molar-refractivity contribution in [3.8, 4) is 0 Å². The third-order valence-corrected chi connectivity index (χ3v) is 3.80. The highest BCUT2D eigenvalue weighted by Crippen LogP contribution is 2.29. The number of rotatable bonds is 2. The molecule has 0 bridgehead atoms. The number of amides is 2. The van der Waals surface area contributed by atoms with Crippen LogP contribution in [-0.4, -0.2) is 37.6 Å². The summed E-state index contributed by atoms with van der Waals surface area (Å²) in [5.41, 5.74) is 7.53. The van der Waals surface area contributed by atoms with Gasteiger partial charge in [-0.15, -0.1) is 0 Å². The number of nitrogens with zero attached hydrogens (tertiary/aromatic N) is 2. The number of nitrogens with two attached hydrogens (primary N) is 1. The second-order valence-electron chi connectivity index (χ2n) is 4.76. The Morgan fingerprint density at radius 3 is 2.83 bits per heavy atom. The molecule has 5 heteroatoms. The fraction of sp³-hybridized carbons (Fsp3) is 0.462. The Bertz CT molecular complexity index is 464. The van der Waals surface area contributed by atoms with Gasteiger partial charge < -0.3 is 10.6 Å². The molecule has 18 heavy (non-hydrogen) atoms. The Hall–Kier alpha value is -1.26. The molecule has 1 saturated heterocycles. The Kier molecular flexibility index (Phi) is 3.78. The van der Waals surface area contributed by atoms with E-state index in [1.54, 1.807) is 16.8 Å². The number of carbonyl (C=O) groups is 1. The van der Waals surface area contributed by atoms with E-state index in [2.05, 4.69) is 0 Å². The first-order chi connectivity index (χ1) is 8.54. The first-order valence-corrected chi connectivity index (χ1v) is 6.40. The Morgan fingerprint density at radius 2 is 2.17 bits per heavy atom. The van der Waals surface area contributed by atoms with E-state index in [9.17, 15) is 4.79 Å². The summed E-state index contributed by atoms with van der Waals surface area (Å²) in [6.07, 6.45) is 0. The molecule has 1 aliphatic rings. The highest BCUT2D eigenvalue weighted by molar-refractivity contribution is 6.31. The monoisotopic (exact) mass is 267 g/mol. The lowest BCUT2D eigenvalue weighted by Gasteiger charge is -2.38. The molecule has 98 valence electrons. The van der Waals surface area contributed by atoms with Crippen LogP contribution in [0.4, 0.5) is 10.5 Å². The van der Waals surface area contributed by atoms with E-state index < -0.39 is 0 Å². The fourth-order valence-corrected chi connectivity index (χ4v) is 2.47. The molecule has 0 spiro atoms. The predicted octanol–water partition coefficient (Wildman–Crippen LogP) is 2.10. The molecule has 1 aliphatic heterocycles. The largest absolute Gasteiger partial charge is 0.330 e. The van der Waals surface area contributed by atoms with E-state index in [0.717, 1.165) is 11.3 Å². The number of hydrogen-bond acceptors (Lipinski definition) is 2. The highest BCUT2D eigenvalue weighted by atomic mass is 35.5. The van der Waals surface area contributed by atoms with Crippen molar-refractivity contribution in [3.05, 3.63) is 28.8 Å². The quantitative estimate of drug-likeness (QED) is 0.892. The molecule has 0 aliphatic carbocycles. The maximum absolute atomic E-state index is 12.2. The number of halogens is 1. The molecular formula is C13H18ClN3O. The van der Waals surface area contributed by atoms with Crippen molar-refractivity contribution in [1.29, 1.82) is 0 Å². The van der Waals surface area contributed by atoms with E-state index in [1.807, 2.05) is 25.1 Å². The molecule has 0 radical (unpaired) electrons. The van der Waals surface area contributed by atoms with E-state index in [4.69, 9.17) is 17.3 Å². The number of urea groups is 1. The molecule has 1 aromatic rings. The van der Waals surface area contributed by atoms with Crippen LogP contribution in [0.1, 0.15) is 5.56 Å². The van der Waals surface area contributed by atoms with Gasteiger partial charge in [0.1, 0.15) is 0 Å². The van der Waals surface area contributed by atoms with Crippen molar-refractivity contribution in [2.75, 3.05) is 31.6 Å². The van der Waals surface area contributed by atoms with Gasteiger partial charge in [-0.25, -0.2) is 4.79 Å². The Balaban J connectivity index is 2.35. The summed E-state index contributed by atoms with van der Waals surface area (Å²) >= 11 is 6.11. The van der Waals surface area contributed by atoms with Gasteiger partial charge in [0.25, 0.3) is 0 Å². The molecular weight excluding hydrogens is 250 g/mol. The molecule has 1 atom stereocenters. The van der Waals surface area contributed by atoms with Crippen LogP contribution >= 0.6 is 11.6 Å². The zero-order valence-corrected chi connectivity index (χ0v) is 11.4. The molecule has 1 aromatic carbocycles. The molecule has 1 unspecified atom stereocenters. The van der Waals surface area contributed by atoms with E-state index in [1.165, 1.54) is 0 Å². The van der Waals surface area contributed by atoms with Crippen LogP contribution in [0.3, 0.4) is 0 Å². The zero-order valence-electron chi connectivity index (χ0n) is 10.7. The second kappa shape index (κ2) is 5.16. The van der Waals surface area contributed by atoms with Gasteiger partial charge in [0.2, 0.25) is 0 Å². The lowest BCUT2D eigenvalue weighted by Crippen LogP contribution is -2.53. The normalized spacial score (nSPS) is 20.4. The summed E-state index contributed by atoms with van der Waals surface area (Å²) in [5, 5.41) is 0.679. The van der Waals surface area contributed by atoms with Crippen LogP contribution < -0.4 is 10.6 Å². The van der Waals surface area contributed by atoms with Crippen LogP contribution in [-0.2, 0) is 0 Å². The third kappa shape index (κ3) is 2.31. The Morgan fingerprint density at radius 1 is 1.44 bits per heavy atom. The van der Waals surface area contributed by atoms with Gasteiger partial charge in [0.15, 0.2) is 0 Å². The minimum atomic E-state index is 0.00469. The first-order valence-electron chi connectivity index (χ1n) is 6.02. The second-order valence-corrected chi connectivity index (χ2v) is 5.17. The molecule has 0 saturated carbocycles. The van der Waals surface area contributed by atoms with Gasteiger partial charge in [0.05, 0.1) is 0 Å². The number of hydrogen-bond donors (Lipinski definition) is 1. The standard InChI is InChI=1S/C13H18ClN3O/c1-9-11(14)4-3-5-12(9)17-8-10(6-15)7-16(2)13(17)18/h3-5,10H,6-8,15H2,1-2H3. The summed E-state index contributed by atoms with van der Waals surface area (Å²) < 4.78 is 0. The Labute approximate surface area is 112 Å². The van der Waals surface area contributed by atoms with Gasteiger partial charge >= 0.3 is 6.03 Å².